The van der Waals surface area contributed by atoms with Gasteiger partial charge in [0.1, 0.15) is 11.5 Å². The summed E-state index contributed by atoms with van der Waals surface area (Å²) in [4.78, 5) is 36.6. The van der Waals surface area contributed by atoms with Crippen LogP contribution >= 0.6 is 0 Å². The van der Waals surface area contributed by atoms with Crippen LogP contribution in [-0.2, 0) is 9.53 Å². The van der Waals surface area contributed by atoms with Crippen molar-refractivity contribution in [3.8, 4) is 22.6 Å². The third-order valence-corrected chi connectivity index (χ3v) is 6.42. The van der Waals surface area contributed by atoms with Gasteiger partial charge in [-0.05, 0) is 85.3 Å². The second-order valence-electron chi connectivity index (χ2n) is 9.37. The first kappa shape index (κ1) is 28.6. The molecule has 3 rings (SSSR count). The molecule has 0 N–H and O–H groups in total. The molecule has 0 saturated heterocycles. The van der Waals surface area contributed by atoms with E-state index < -0.39 is 5.97 Å². The van der Waals surface area contributed by atoms with Gasteiger partial charge in [0.05, 0.1) is 17.2 Å². The lowest BCUT2D eigenvalue weighted by Gasteiger charge is -2.18. The average Bonchev–Trinajstić information content (AvgIpc) is 2.92. The average molecular weight is 517 g/mol. The molecule has 0 aliphatic carbocycles. The number of benzene rings is 3. The Morgan fingerprint density at radius 3 is 1.68 bits per heavy atom. The Labute approximate surface area is 224 Å². The molecule has 6 nitrogen and oxygen atoms in total. The molecule has 0 aliphatic rings. The zero-order valence-electron chi connectivity index (χ0n) is 22.6. The Hall–Kier alpha value is -3.93. The van der Waals surface area contributed by atoms with E-state index >= 15 is 0 Å². The van der Waals surface area contributed by atoms with Crippen LogP contribution in [0.3, 0.4) is 0 Å². The van der Waals surface area contributed by atoms with Gasteiger partial charge in [0.15, 0.2) is 0 Å². The van der Waals surface area contributed by atoms with Gasteiger partial charge in [0, 0.05) is 6.42 Å². The summed E-state index contributed by atoms with van der Waals surface area (Å²) in [5.41, 5.74) is 2.71. The molecule has 0 spiro atoms. The molecule has 0 saturated carbocycles. The van der Waals surface area contributed by atoms with Crippen LogP contribution in [-0.4, -0.2) is 24.0 Å². The molecule has 3 aromatic rings. The summed E-state index contributed by atoms with van der Waals surface area (Å²) in [5, 5.41) is 0. The Morgan fingerprint density at radius 2 is 1.13 bits per heavy atom. The minimum atomic E-state index is -0.509. The Bertz CT molecular complexity index is 1190. The van der Waals surface area contributed by atoms with E-state index in [1.54, 1.807) is 48.5 Å². The van der Waals surface area contributed by atoms with Crippen LogP contribution in [0.15, 0.2) is 72.8 Å². The second-order valence-corrected chi connectivity index (χ2v) is 9.37. The summed E-state index contributed by atoms with van der Waals surface area (Å²) in [6, 6.07) is 20.7. The Kier molecular flexibility index (Phi) is 10.6. The van der Waals surface area contributed by atoms with Crippen LogP contribution in [0.25, 0.3) is 11.1 Å². The third-order valence-electron chi connectivity index (χ3n) is 6.42. The van der Waals surface area contributed by atoms with Crippen molar-refractivity contribution >= 4 is 17.9 Å². The summed E-state index contributed by atoms with van der Waals surface area (Å²) >= 11 is 0. The van der Waals surface area contributed by atoms with Gasteiger partial charge in [-0.1, -0.05) is 57.9 Å². The number of hydrogen-bond acceptors (Lipinski definition) is 6. The third kappa shape index (κ3) is 8.30. The highest BCUT2D eigenvalue weighted by molar-refractivity contribution is 5.91. The predicted molar refractivity (Wildman–Crippen MR) is 147 cm³/mol. The van der Waals surface area contributed by atoms with Crippen molar-refractivity contribution in [3.05, 3.63) is 83.9 Å². The van der Waals surface area contributed by atoms with Crippen molar-refractivity contribution in [3.63, 3.8) is 0 Å². The topological polar surface area (TPSA) is 78.9 Å². The lowest BCUT2D eigenvalue weighted by atomic mass is 9.97. The summed E-state index contributed by atoms with van der Waals surface area (Å²) in [6.45, 7) is 8.16. The molecule has 0 bridgehead atoms. The fourth-order valence-electron chi connectivity index (χ4n) is 4.12. The minimum Gasteiger partial charge on any atom is -0.459 e. The van der Waals surface area contributed by atoms with Gasteiger partial charge in [-0.3, -0.25) is 4.79 Å². The largest absolute Gasteiger partial charge is 0.459 e. The molecule has 200 valence electrons. The van der Waals surface area contributed by atoms with Crippen molar-refractivity contribution in [1.82, 2.24) is 0 Å². The summed E-state index contributed by atoms with van der Waals surface area (Å²) in [5.74, 6) is 0.225. The molecule has 3 aromatic carbocycles. The Balaban J connectivity index is 1.56. The molecule has 0 amide bonds. The fourth-order valence-corrected chi connectivity index (χ4v) is 4.12. The minimum absolute atomic E-state index is 0.122. The number of esters is 3. The van der Waals surface area contributed by atoms with Crippen molar-refractivity contribution in [2.24, 2.45) is 5.92 Å². The summed E-state index contributed by atoms with van der Waals surface area (Å²) < 4.78 is 16.3. The van der Waals surface area contributed by atoms with E-state index in [2.05, 4.69) is 13.8 Å². The molecule has 0 aliphatic heterocycles. The SMILES string of the molecule is CCCC(=O)Oc1ccc(C(=O)Oc2ccc(-c3ccc(C(=O)O[C@H](C)CC(CC)CC)cc3)cc2)cc1. The first-order valence-electron chi connectivity index (χ1n) is 13.3. The lowest BCUT2D eigenvalue weighted by Crippen LogP contribution is -2.18. The molecule has 0 fully saturated rings. The van der Waals surface area contributed by atoms with Crippen molar-refractivity contribution in [2.75, 3.05) is 0 Å². The van der Waals surface area contributed by atoms with E-state index in [4.69, 9.17) is 14.2 Å². The van der Waals surface area contributed by atoms with Gasteiger partial charge >= 0.3 is 17.9 Å². The standard InChI is InChI=1S/C32H36O6/c1-5-8-30(33)37-28-19-15-27(16-20-28)32(35)38-29-17-13-25(14-18-29)24-9-11-26(12-10-24)31(34)36-22(4)21-23(6-2)7-3/h9-20,22-23H,5-8,21H2,1-4H3/t22-/m1/s1. The quantitative estimate of drug-likeness (QED) is 0.182. The van der Waals surface area contributed by atoms with E-state index in [1.165, 1.54) is 0 Å². The Morgan fingerprint density at radius 1 is 0.658 bits per heavy atom. The summed E-state index contributed by atoms with van der Waals surface area (Å²) in [6.07, 6.45) is 3.96. The first-order chi connectivity index (χ1) is 18.3. The molecular weight excluding hydrogens is 480 g/mol. The number of ether oxygens (including phenoxy) is 3. The van der Waals surface area contributed by atoms with Gasteiger partial charge < -0.3 is 14.2 Å². The maximum Gasteiger partial charge on any atom is 0.343 e. The van der Waals surface area contributed by atoms with Crippen LogP contribution in [0.2, 0.25) is 0 Å². The second kappa shape index (κ2) is 14.1. The molecule has 0 aromatic heterocycles. The smallest absolute Gasteiger partial charge is 0.343 e. The maximum atomic E-state index is 12.5. The van der Waals surface area contributed by atoms with Gasteiger partial charge in [-0.2, -0.15) is 0 Å². The van der Waals surface area contributed by atoms with Crippen LogP contribution in [0.1, 0.15) is 80.5 Å². The summed E-state index contributed by atoms with van der Waals surface area (Å²) in [7, 11) is 0. The predicted octanol–water partition coefficient (Wildman–Crippen LogP) is 7.65. The number of carbonyl (C=O) groups excluding carboxylic acids is 3. The van der Waals surface area contributed by atoms with Crippen LogP contribution < -0.4 is 9.47 Å². The molecule has 38 heavy (non-hydrogen) atoms. The van der Waals surface area contributed by atoms with E-state index in [-0.39, 0.29) is 18.0 Å². The van der Waals surface area contributed by atoms with Crippen molar-refractivity contribution in [2.45, 2.75) is 65.9 Å². The maximum absolute atomic E-state index is 12.5. The molecule has 0 radical (unpaired) electrons. The number of carbonyl (C=O) groups is 3. The highest BCUT2D eigenvalue weighted by Crippen LogP contribution is 2.24. The molecule has 6 heteroatoms. The molecule has 0 heterocycles. The van der Waals surface area contributed by atoms with Crippen LogP contribution in [0.4, 0.5) is 0 Å². The molecular formula is C32H36O6. The number of rotatable bonds is 12. The van der Waals surface area contributed by atoms with Gasteiger partial charge in [0.25, 0.3) is 0 Å². The molecule has 0 unspecified atom stereocenters. The van der Waals surface area contributed by atoms with E-state index in [0.29, 0.717) is 41.4 Å². The monoisotopic (exact) mass is 516 g/mol. The van der Waals surface area contributed by atoms with E-state index in [0.717, 1.165) is 30.4 Å². The van der Waals surface area contributed by atoms with Gasteiger partial charge in [-0.25, -0.2) is 9.59 Å². The van der Waals surface area contributed by atoms with E-state index in [9.17, 15) is 14.4 Å². The highest BCUT2D eigenvalue weighted by atomic mass is 16.5. The van der Waals surface area contributed by atoms with Gasteiger partial charge in [-0.15, -0.1) is 0 Å². The number of hydrogen-bond donors (Lipinski definition) is 0. The zero-order chi connectivity index (χ0) is 27.5. The lowest BCUT2D eigenvalue weighted by molar-refractivity contribution is -0.134. The van der Waals surface area contributed by atoms with Crippen molar-refractivity contribution in [1.29, 1.82) is 0 Å². The zero-order valence-corrected chi connectivity index (χ0v) is 22.6. The van der Waals surface area contributed by atoms with Crippen molar-refractivity contribution < 1.29 is 28.6 Å². The fraction of sp³-hybridized carbons (Fsp3) is 0.344. The normalized spacial score (nSPS) is 11.6. The van der Waals surface area contributed by atoms with E-state index in [1.807, 2.05) is 38.1 Å². The van der Waals surface area contributed by atoms with Crippen LogP contribution in [0.5, 0.6) is 11.5 Å². The highest BCUT2D eigenvalue weighted by Gasteiger charge is 2.16. The van der Waals surface area contributed by atoms with Gasteiger partial charge in [0.2, 0.25) is 0 Å². The van der Waals surface area contributed by atoms with Crippen LogP contribution in [0, 0.1) is 5.92 Å². The molecule has 1 atom stereocenters. The first-order valence-corrected chi connectivity index (χ1v) is 13.3.